The minimum Gasteiger partial charge on any atom is -0.392 e. The van der Waals surface area contributed by atoms with Crippen LogP contribution in [0.3, 0.4) is 0 Å². The van der Waals surface area contributed by atoms with Gasteiger partial charge >= 0.3 is 0 Å². The molecule has 2 aromatic carbocycles. The number of nitrogens with zero attached hydrogens (tertiary/aromatic N) is 2. The van der Waals surface area contributed by atoms with Gasteiger partial charge in [0.25, 0.3) is 5.91 Å². The molecule has 28 heavy (non-hydrogen) atoms. The Balaban J connectivity index is 1.80. The van der Waals surface area contributed by atoms with Gasteiger partial charge in [0.2, 0.25) is 0 Å². The highest BCUT2D eigenvalue weighted by atomic mass is 16.5. The lowest BCUT2D eigenvalue weighted by Crippen LogP contribution is -2.40. The van der Waals surface area contributed by atoms with Crippen molar-refractivity contribution in [3.8, 4) is 0 Å². The third-order valence-electron chi connectivity index (χ3n) is 5.58. The van der Waals surface area contributed by atoms with Gasteiger partial charge in [-0.05, 0) is 49.4 Å². The van der Waals surface area contributed by atoms with E-state index in [1.165, 1.54) is 5.56 Å². The monoisotopic (exact) mass is 382 g/mol. The first-order valence-electron chi connectivity index (χ1n) is 9.88. The Hall–Kier alpha value is -2.21. The van der Waals surface area contributed by atoms with Crippen LogP contribution in [0, 0.1) is 20.8 Å². The quantitative estimate of drug-likeness (QED) is 0.595. The largest absolute Gasteiger partial charge is 0.392 e. The van der Waals surface area contributed by atoms with E-state index in [-0.39, 0.29) is 18.4 Å². The van der Waals surface area contributed by atoms with Gasteiger partial charge in [-0.3, -0.25) is 14.9 Å². The van der Waals surface area contributed by atoms with Gasteiger partial charge in [-0.1, -0.05) is 48.0 Å². The van der Waals surface area contributed by atoms with Gasteiger partial charge in [0.05, 0.1) is 18.6 Å². The minimum absolute atomic E-state index is 0.167. The molecular weight excluding hydrogens is 352 g/mol. The Bertz CT molecular complexity index is 799. The molecule has 0 bridgehead atoms. The second kappa shape index (κ2) is 8.86. The van der Waals surface area contributed by atoms with Crippen LogP contribution in [0.5, 0.6) is 0 Å². The summed E-state index contributed by atoms with van der Waals surface area (Å²) in [5.74, 6) is -0.316. The summed E-state index contributed by atoms with van der Waals surface area (Å²) in [7, 11) is 0. The zero-order valence-corrected chi connectivity index (χ0v) is 16.9. The lowest BCUT2D eigenvalue weighted by molar-refractivity contribution is -0.177. The molecule has 1 fully saturated rings. The second-order valence-electron chi connectivity index (χ2n) is 7.92. The van der Waals surface area contributed by atoms with Crippen molar-refractivity contribution in [2.75, 3.05) is 19.6 Å². The van der Waals surface area contributed by atoms with Gasteiger partial charge in [0.1, 0.15) is 0 Å². The smallest absolute Gasteiger partial charge is 0.250 e. The molecule has 150 valence electrons. The van der Waals surface area contributed by atoms with E-state index in [1.807, 2.05) is 51.1 Å². The highest BCUT2D eigenvalue weighted by molar-refractivity contribution is 5.79. The van der Waals surface area contributed by atoms with E-state index >= 15 is 0 Å². The van der Waals surface area contributed by atoms with Gasteiger partial charge in [-0.25, -0.2) is 5.06 Å². The number of amides is 1. The summed E-state index contributed by atoms with van der Waals surface area (Å²) < 4.78 is 0. The van der Waals surface area contributed by atoms with Crippen LogP contribution in [0.25, 0.3) is 0 Å². The lowest BCUT2D eigenvalue weighted by Gasteiger charge is -2.30. The summed E-state index contributed by atoms with van der Waals surface area (Å²) in [6, 6.07) is 13.3. The van der Waals surface area contributed by atoms with Crippen molar-refractivity contribution in [2.45, 2.75) is 45.8 Å². The molecule has 1 heterocycles. The van der Waals surface area contributed by atoms with Gasteiger partial charge in [-0.15, -0.1) is 0 Å². The Morgan fingerprint density at radius 3 is 2.39 bits per heavy atom. The first-order valence-corrected chi connectivity index (χ1v) is 9.88. The van der Waals surface area contributed by atoms with Crippen LogP contribution in [-0.4, -0.2) is 51.9 Å². The highest BCUT2D eigenvalue weighted by Gasteiger charge is 2.29. The molecule has 1 aliphatic heterocycles. The normalized spacial score (nSPS) is 18.2. The van der Waals surface area contributed by atoms with Gasteiger partial charge in [0.15, 0.2) is 0 Å². The maximum atomic E-state index is 13.0. The van der Waals surface area contributed by atoms with Crippen molar-refractivity contribution in [3.05, 3.63) is 70.3 Å². The van der Waals surface area contributed by atoms with Crippen molar-refractivity contribution in [1.82, 2.24) is 9.96 Å². The van der Waals surface area contributed by atoms with Crippen LogP contribution in [-0.2, 0) is 11.2 Å². The van der Waals surface area contributed by atoms with E-state index in [4.69, 9.17) is 0 Å². The third kappa shape index (κ3) is 4.79. The fourth-order valence-electron chi connectivity index (χ4n) is 4.12. The van der Waals surface area contributed by atoms with Crippen LogP contribution in [0.1, 0.15) is 40.3 Å². The van der Waals surface area contributed by atoms with Gasteiger partial charge in [-0.2, -0.15) is 0 Å². The van der Waals surface area contributed by atoms with Gasteiger partial charge in [0, 0.05) is 19.6 Å². The van der Waals surface area contributed by atoms with Crippen LogP contribution in [0.4, 0.5) is 0 Å². The topological polar surface area (TPSA) is 64.0 Å². The Morgan fingerprint density at radius 2 is 1.82 bits per heavy atom. The molecule has 1 amide bonds. The number of aliphatic hydroxyl groups excluding tert-OH is 1. The van der Waals surface area contributed by atoms with Crippen molar-refractivity contribution < 1.29 is 15.1 Å². The number of hydrogen-bond donors (Lipinski definition) is 2. The first kappa shape index (κ1) is 20.5. The number of rotatable bonds is 6. The average Bonchev–Trinajstić information content (AvgIpc) is 3.07. The molecule has 3 rings (SSSR count). The number of benzene rings is 2. The van der Waals surface area contributed by atoms with E-state index in [9.17, 15) is 15.1 Å². The van der Waals surface area contributed by atoms with Crippen LogP contribution < -0.4 is 0 Å². The molecule has 0 aromatic heterocycles. The number of hydrogen-bond acceptors (Lipinski definition) is 4. The maximum Gasteiger partial charge on any atom is 0.250 e. The number of aryl methyl sites for hydroxylation is 3. The van der Waals surface area contributed by atoms with Crippen molar-refractivity contribution in [3.63, 3.8) is 0 Å². The molecule has 1 saturated heterocycles. The number of likely N-dealkylation sites (tertiary alicyclic amines) is 1. The minimum atomic E-state index is -0.468. The number of carbonyl (C=O) groups excluding carboxylic acids is 1. The van der Waals surface area contributed by atoms with Crippen molar-refractivity contribution >= 4 is 5.91 Å². The highest BCUT2D eigenvalue weighted by Crippen LogP contribution is 2.25. The summed E-state index contributed by atoms with van der Waals surface area (Å²) in [5, 5.41) is 21.6. The van der Waals surface area contributed by atoms with E-state index in [1.54, 1.807) is 0 Å². The van der Waals surface area contributed by atoms with Crippen LogP contribution in [0.15, 0.2) is 42.5 Å². The molecular formula is C23H30N2O3. The Labute approximate surface area is 167 Å². The molecule has 0 aliphatic carbocycles. The zero-order valence-electron chi connectivity index (χ0n) is 16.9. The number of aliphatic hydroxyl groups is 1. The molecule has 2 unspecified atom stereocenters. The molecule has 1 aliphatic rings. The summed E-state index contributed by atoms with van der Waals surface area (Å²) in [4.78, 5) is 15.1. The standard InChI is InChI=1S/C23H30N2O3/c1-16-11-17(2)21(18(3)12-16)13-23(27)25(28)22(19-7-5-4-6-8-19)15-24-10-9-20(26)14-24/h4-8,11-12,20,22,26,28H,9-10,13-15H2,1-3H3. The van der Waals surface area contributed by atoms with Crippen LogP contribution in [0.2, 0.25) is 0 Å². The molecule has 0 saturated carbocycles. The van der Waals surface area contributed by atoms with E-state index < -0.39 is 6.04 Å². The molecule has 5 nitrogen and oxygen atoms in total. The third-order valence-corrected chi connectivity index (χ3v) is 5.58. The predicted molar refractivity (Wildman–Crippen MR) is 109 cm³/mol. The maximum absolute atomic E-state index is 13.0. The van der Waals surface area contributed by atoms with E-state index in [0.29, 0.717) is 13.1 Å². The number of hydroxylamine groups is 2. The first-order chi connectivity index (χ1) is 13.3. The lowest BCUT2D eigenvalue weighted by atomic mass is 9.96. The summed E-state index contributed by atoms with van der Waals surface area (Å²) >= 11 is 0. The fraction of sp³-hybridized carbons (Fsp3) is 0.435. The molecule has 5 heteroatoms. The SMILES string of the molecule is Cc1cc(C)c(CC(=O)N(O)C(CN2CCC(O)C2)c2ccccc2)c(C)c1. The molecule has 2 aromatic rings. The van der Waals surface area contributed by atoms with Crippen LogP contribution >= 0.6 is 0 Å². The molecule has 2 N–H and O–H groups in total. The zero-order chi connectivity index (χ0) is 20.3. The number of carbonyl (C=O) groups is 1. The summed E-state index contributed by atoms with van der Waals surface area (Å²) in [5.41, 5.74) is 5.16. The molecule has 2 atom stereocenters. The fourth-order valence-corrected chi connectivity index (χ4v) is 4.12. The molecule has 0 radical (unpaired) electrons. The van der Waals surface area contributed by atoms with E-state index in [0.717, 1.165) is 40.3 Å². The summed E-state index contributed by atoms with van der Waals surface area (Å²) in [6.45, 7) is 7.88. The van der Waals surface area contributed by atoms with Gasteiger partial charge < -0.3 is 5.11 Å². The number of β-amino-alcohol motifs (C(OH)–C–C–N with tert-alkyl or cyclic N) is 1. The van der Waals surface area contributed by atoms with Crippen molar-refractivity contribution in [1.29, 1.82) is 0 Å². The molecule has 0 spiro atoms. The second-order valence-corrected chi connectivity index (χ2v) is 7.92. The average molecular weight is 383 g/mol. The predicted octanol–water partition coefficient (Wildman–Crippen LogP) is 3.18. The Kier molecular flexibility index (Phi) is 6.50. The van der Waals surface area contributed by atoms with E-state index in [2.05, 4.69) is 17.0 Å². The summed E-state index contributed by atoms with van der Waals surface area (Å²) in [6.07, 6.45) is 0.556. The Morgan fingerprint density at radius 1 is 1.18 bits per heavy atom. The van der Waals surface area contributed by atoms with Crippen molar-refractivity contribution in [2.24, 2.45) is 0 Å².